The smallest absolute Gasteiger partial charge is 0.253 e. The van der Waals surface area contributed by atoms with E-state index in [1.807, 2.05) is 13.8 Å². The van der Waals surface area contributed by atoms with Crippen molar-refractivity contribution in [2.24, 2.45) is 16.7 Å². The number of likely N-dealkylation sites (tertiary alicyclic amines) is 1. The number of anilines is 5. The number of hydrazine groups is 1. The molecule has 3 heterocycles. The molecule has 1 aliphatic heterocycles. The summed E-state index contributed by atoms with van der Waals surface area (Å²) in [7, 11) is 1.00. The second kappa shape index (κ2) is 39.2. The van der Waals surface area contributed by atoms with Crippen LogP contribution in [0.2, 0.25) is 0 Å². The molecule has 2 aromatic carbocycles. The molecule has 0 radical (unpaired) electrons. The van der Waals surface area contributed by atoms with Gasteiger partial charge in [0.1, 0.15) is 12.3 Å². The lowest BCUT2D eigenvalue weighted by atomic mass is 10.0. The Labute approximate surface area is 478 Å². The molecule has 2 aromatic heterocycles. The van der Waals surface area contributed by atoms with Crippen LogP contribution in [-0.4, -0.2) is 127 Å². The average Bonchev–Trinajstić information content (AvgIpc) is 3.70. The van der Waals surface area contributed by atoms with Gasteiger partial charge in [-0.1, -0.05) is 73.6 Å². The maximum absolute atomic E-state index is 13.3. The lowest BCUT2D eigenvalue weighted by Gasteiger charge is -2.17. The van der Waals surface area contributed by atoms with Crippen LogP contribution in [0.1, 0.15) is 151 Å². The Morgan fingerprint density at radius 3 is 2.11 bits per heavy atom. The van der Waals surface area contributed by atoms with E-state index in [1.54, 1.807) is 12.1 Å². The van der Waals surface area contributed by atoms with E-state index in [0.29, 0.717) is 42.4 Å². The van der Waals surface area contributed by atoms with Gasteiger partial charge in [-0.2, -0.15) is 22.6 Å². The van der Waals surface area contributed by atoms with Crippen LogP contribution in [0.15, 0.2) is 47.7 Å². The van der Waals surface area contributed by atoms with Crippen molar-refractivity contribution in [1.29, 1.82) is 0 Å². The largest absolute Gasteiger partial charge is 0.400 e. The molecule has 28 heteroatoms. The van der Waals surface area contributed by atoms with Gasteiger partial charge in [-0.05, 0) is 69.0 Å². The number of aliphatic hydroxyl groups excluding tert-OH is 1. The Balaban J connectivity index is 0.00000251. The van der Waals surface area contributed by atoms with Gasteiger partial charge in [-0.25, -0.2) is 21.3 Å². The summed E-state index contributed by atoms with van der Waals surface area (Å²) < 4.78 is 0. The van der Waals surface area contributed by atoms with Crippen molar-refractivity contribution < 1.29 is 43.5 Å². The van der Waals surface area contributed by atoms with Crippen LogP contribution < -0.4 is 66.2 Å². The van der Waals surface area contributed by atoms with E-state index >= 15 is 0 Å². The normalized spacial score (nSPS) is 13.1. The van der Waals surface area contributed by atoms with Gasteiger partial charge in [0.25, 0.3) is 11.8 Å². The van der Waals surface area contributed by atoms with Crippen molar-refractivity contribution in [1.82, 2.24) is 51.6 Å². The minimum absolute atomic E-state index is 0.0179. The van der Waals surface area contributed by atoms with E-state index in [4.69, 9.17) is 33.9 Å². The zero-order chi connectivity index (χ0) is 61.0. The number of nitrogens with two attached hydrogens (primary N) is 5. The molecule has 3 unspecified atom stereocenters. The molecule has 7 amide bonds. The zero-order valence-electron chi connectivity index (χ0n) is 47.7. The molecular weight excluding hydrogens is 1060 g/mol. The molecule has 0 saturated carbocycles. The molecule has 4 aromatic rings. The number of aldehydes is 1. The Hall–Kier alpha value is -8.24. The molecule has 1 aliphatic rings. The number of amides is 7. The predicted octanol–water partition coefficient (Wildman–Crippen LogP) is 2.79. The molecule has 5 rings (SSSR count). The molecule has 446 valence electrons. The number of unbranched alkanes of at least 4 members (excludes halogenated alkanes) is 4. The van der Waals surface area contributed by atoms with E-state index in [9.17, 15) is 38.4 Å². The maximum Gasteiger partial charge on any atom is 0.253 e. The van der Waals surface area contributed by atoms with Crippen molar-refractivity contribution in [3.8, 4) is 0 Å². The van der Waals surface area contributed by atoms with Gasteiger partial charge in [0.2, 0.25) is 35.5 Å². The number of imide groups is 1. The minimum atomic E-state index is -1.05. The second-order valence-corrected chi connectivity index (χ2v) is 18.3. The summed E-state index contributed by atoms with van der Waals surface area (Å²) in [5.41, 5.74) is 28.1. The topological polar surface area (TPSA) is 438 Å². The van der Waals surface area contributed by atoms with Crippen molar-refractivity contribution in [2.75, 3.05) is 54.6 Å². The number of hydrogen-bond donors (Lipinski definition) is 14. The van der Waals surface area contributed by atoms with Gasteiger partial charge in [0.05, 0.1) is 47.4 Å². The standard InChI is InChI=1S/C42H54N18O8S.C5H12.C3H8.C2H6.CH4O/c1-21(52-32(63)19-50-31(62)7-3-2-4-13-60-33(64)16-30(69)41(60)68)38(65)54-23-9-10-26(28(14-23)35(44)58-59-47)39(66)48-12-5-6-24(20-61)55-40(67)27-11-8-22(15-29(27)43)49-17-25-18-51-37-34(53-25)36(45)56-42(46)57-37;1-3-5-4-2;1-3-2;2*1-2/h8-11,14-15,18,20-21,24,30,49,59,69H,2-7,12-13,16-17,19,43,47H2,1H3,(H2,44,58)(H,48,66)(H,50,62)(H,52,63)(H,54,65)(H,55,67)(H4,45,46,51,56,57);3-5H2,1-2H3;3H2,1-2H3;1-2H3;2H,1H3. The number of hydrogen-bond acceptors (Lipinski definition) is 21. The van der Waals surface area contributed by atoms with Crippen LogP contribution in [0.5, 0.6) is 0 Å². The SMILES string of the molecule is CC.CC(NC(=O)CNC(=O)CCCCCN1C(=O)CC(S)C1=O)C(=O)Nc1ccc(C(=O)NCCCC(C=O)NC(=O)c2ccc(NCc3cnc4nc(N)nc(N)c4n3)cc2N)c(/C(N)=N/NN)c1.CCC.CCCCC.CO. The van der Waals surface area contributed by atoms with Crippen molar-refractivity contribution in [2.45, 2.75) is 143 Å². The summed E-state index contributed by atoms with van der Waals surface area (Å²) in [6.45, 7) is 14.3. The summed E-state index contributed by atoms with van der Waals surface area (Å²) in [6, 6.07) is 6.93. The van der Waals surface area contributed by atoms with E-state index < -0.39 is 41.0 Å². The highest BCUT2D eigenvalue weighted by Gasteiger charge is 2.35. The first-order valence-corrected chi connectivity index (χ1v) is 27.3. The number of nitrogens with zero attached hydrogens (tertiary/aromatic N) is 6. The molecule has 1 fully saturated rings. The lowest BCUT2D eigenvalue weighted by molar-refractivity contribution is -0.138. The average molecular weight is 1150 g/mol. The summed E-state index contributed by atoms with van der Waals surface area (Å²) in [5, 5.41) is 26.3. The number of fused-ring (bicyclic) bond motifs is 1. The van der Waals surface area contributed by atoms with Gasteiger partial charge in [0, 0.05) is 55.7 Å². The van der Waals surface area contributed by atoms with E-state index in [1.165, 1.54) is 68.0 Å². The number of rotatable bonds is 26. The Morgan fingerprint density at radius 2 is 1.51 bits per heavy atom. The molecule has 27 nitrogen and oxygen atoms in total. The molecule has 0 spiro atoms. The summed E-state index contributed by atoms with van der Waals surface area (Å²) in [5.74, 6) is 1.84. The molecule has 3 atom stereocenters. The Morgan fingerprint density at radius 1 is 0.840 bits per heavy atom. The van der Waals surface area contributed by atoms with Gasteiger partial charge in [0.15, 0.2) is 22.8 Å². The van der Waals surface area contributed by atoms with Crippen molar-refractivity contribution >= 4 is 106 Å². The Bertz CT molecular complexity index is 2710. The van der Waals surface area contributed by atoms with E-state index in [-0.39, 0.29) is 121 Å². The molecule has 1 saturated heterocycles. The highest BCUT2D eigenvalue weighted by molar-refractivity contribution is 7.81. The fraction of sp³-hybridized carbons (Fsp3) is 0.491. The minimum Gasteiger partial charge on any atom is -0.400 e. The number of aromatic nitrogens is 4. The third-order valence-electron chi connectivity index (χ3n) is 11.2. The van der Waals surface area contributed by atoms with Gasteiger partial charge < -0.3 is 64.7 Å². The van der Waals surface area contributed by atoms with Gasteiger partial charge in [-0.3, -0.25) is 38.5 Å². The summed E-state index contributed by atoms with van der Waals surface area (Å²) in [6.07, 6.45) is 9.62. The van der Waals surface area contributed by atoms with Crippen molar-refractivity contribution in [3.63, 3.8) is 0 Å². The maximum atomic E-state index is 13.3. The number of amidine groups is 1. The molecule has 0 aliphatic carbocycles. The van der Waals surface area contributed by atoms with Crippen LogP contribution >= 0.6 is 12.6 Å². The van der Waals surface area contributed by atoms with Crippen molar-refractivity contribution in [3.05, 3.63) is 65.0 Å². The summed E-state index contributed by atoms with van der Waals surface area (Å²) in [4.78, 5) is 118. The summed E-state index contributed by atoms with van der Waals surface area (Å²) >= 11 is 4.09. The fourth-order valence-electron chi connectivity index (χ4n) is 7.20. The highest BCUT2D eigenvalue weighted by Crippen LogP contribution is 2.22. The number of aliphatic hydroxyl groups is 1. The predicted molar refractivity (Wildman–Crippen MR) is 318 cm³/mol. The zero-order valence-corrected chi connectivity index (χ0v) is 48.6. The molecular formula is C53H84N18O9S. The number of hydrazone groups is 1. The quantitative estimate of drug-likeness (QED) is 0.00495. The van der Waals surface area contributed by atoms with Crippen LogP contribution in [0, 0.1) is 0 Å². The van der Waals surface area contributed by atoms with E-state index in [2.05, 4.69) is 103 Å². The first-order valence-electron chi connectivity index (χ1n) is 26.8. The van der Waals surface area contributed by atoms with Crippen LogP contribution in [0.25, 0.3) is 11.2 Å². The number of benzene rings is 2. The number of nitrogens with one attached hydrogen (secondary N) is 7. The van der Waals surface area contributed by atoms with E-state index in [0.717, 1.165) is 7.11 Å². The van der Waals surface area contributed by atoms with Crippen LogP contribution in [0.4, 0.5) is 28.8 Å². The third-order valence-corrected chi connectivity index (χ3v) is 11.6. The Kier molecular flexibility index (Phi) is 34.2. The van der Waals surface area contributed by atoms with Gasteiger partial charge >= 0.3 is 0 Å². The number of carbonyl (C=O) groups is 8. The number of thiol groups is 1. The third kappa shape index (κ3) is 24.8. The fourth-order valence-corrected chi connectivity index (χ4v) is 7.50. The first-order chi connectivity index (χ1) is 38.8. The molecule has 18 N–H and O–H groups in total. The monoisotopic (exact) mass is 1150 g/mol. The van der Waals surface area contributed by atoms with Crippen LogP contribution in [-0.2, 0) is 35.3 Å². The van der Waals surface area contributed by atoms with Gasteiger partial charge in [-0.15, -0.1) is 5.10 Å². The first kappa shape index (κ1) is 70.8. The number of nitrogen functional groups attached to an aromatic ring is 3. The van der Waals surface area contributed by atoms with Crippen LogP contribution in [0.3, 0.4) is 0 Å². The highest BCUT2D eigenvalue weighted by atomic mass is 32.1. The number of carbonyl (C=O) groups excluding carboxylic acids is 8. The second-order valence-electron chi connectivity index (χ2n) is 17.7. The lowest BCUT2D eigenvalue weighted by Crippen LogP contribution is -2.45. The molecule has 0 bridgehead atoms. The molecule has 81 heavy (non-hydrogen) atoms.